The van der Waals surface area contributed by atoms with Crippen molar-refractivity contribution in [3.8, 4) is 0 Å². The Morgan fingerprint density at radius 3 is 2.38 bits per heavy atom. The molecule has 0 atom stereocenters. The highest BCUT2D eigenvalue weighted by atomic mass is 19.4. The Hall–Kier alpha value is -1.72. The molecule has 0 aliphatic heterocycles. The number of anilines is 1. The van der Waals surface area contributed by atoms with Crippen LogP contribution < -0.4 is 10.6 Å². The number of carbonyl (C=O) groups is 1. The molecule has 0 unspecified atom stereocenters. The molecular formula is C15H19F3N2O. The molecule has 116 valence electrons. The Morgan fingerprint density at radius 1 is 1.24 bits per heavy atom. The lowest BCUT2D eigenvalue weighted by Gasteiger charge is -2.25. The van der Waals surface area contributed by atoms with E-state index >= 15 is 0 Å². The number of halogens is 3. The second-order valence-corrected chi connectivity index (χ2v) is 5.73. The summed E-state index contributed by atoms with van der Waals surface area (Å²) >= 11 is 0. The molecule has 1 aliphatic carbocycles. The molecule has 1 amide bonds. The Kier molecular flexibility index (Phi) is 4.16. The summed E-state index contributed by atoms with van der Waals surface area (Å²) in [6, 6.07) is 3.60. The van der Waals surface area contributed by atoms with E-state index in [4.69, 9.17) is 0 Å². The van der Waals surface area contributed by atoms with E-state index in [2.05, 4.69) is 10.6 Å². The maximum Gasteiger partial charge on any atom is 0.418 e. The third-order valence-electron chi connectivity index (χ3n) is 3.98. The third kappa shape index (κ3) is 3.49. The fourth-order valence-electron chi connectivity index (χ4n) is 2.76. The van der Waals surface area contributed by atoms with E-state index in [-0.39, 0.29) is 16.8 Å². The molecule has 21 heavy (non-hydrogen) atoms. The molecule has 3 nitrogen and oxygen atoms in total. The van der Waals surface area contributed by atoms with E-state index in [1.54, 1.807) is 0 Å². The van der Waals surface area contributed by atoms with Gasteiger partial charge in [-0.05, 0) is 38.0 Å². The second kappa shape index (κ2) is 5.58. The number of nitrogens with one attached hydrogen (secondary N) is 2. The lowest BCUT2D eigenvalue weighted by atomic mass is 9.99. The Balaban J connectivity index is 2.26. The van der Waals surface area contributed by atoms with Crippen LogP contribution in [0.3, 0.4) is 0 Å². The molecule has 1 saturated carbocycles. The van der Waals surface area contributed by atoms with Crippen molar-refractivity contribution in [2.75, 3.05) is 12.4 Å². The van der Waals surface area contributed by atoms with Crippen LogP contribution in [0.2, 0.25) is 0 Å². The number of hydrogen-bond acceptors (Lipinski definition) is 2. The van der Waals surface area contributed by atoms with Crippen LogP contribution >= 0.6 is 0 Å². The third-order valence-corrected chi connectivity index (χ3v) is 3.98. The van der Waals surface area contributed by atoms with Crippen molar-refractivity contribution in [2.45, 2.75) is 44.3 Å². The zero-order valence-electron chi connectivity index (χ0n) is 12.1. The molecule has 0 aromatic heterocycles. The van der Waals surface area contributed by atoms with Crippen LogP contribution in [0.4, 0.5) is 18.9 Å². The van der Waals surface area contributed by atoms with E-state index in [1.165, 1.54) is 19.2 Å². The van der Waals surface area contributed by atoms with Gasteiger partial charge in [-0.2, -0.15) is 13.2 Å². The van der Waals surface area contributed by atoms with Crippen LogP contribution in [0.25, 0.3) is 0 Å². The minimum absolute atomic E-state index is 0.0360. The molecule has 1 fully saturated rings. The zero-order valence-corrected chi connectivity index (χ0v) is 12.1. The van der Waals surface area contributed by atoms with E-state index in [1.807, 2.05) is 6.92 Å². The number of hydrogen-bond donors (Lipinski definition) is 2. The van der Waals surface area contributed by atoms with Gasteiger partial charge in [-0.3, -0.25) is 4.79 Å². The second-order valence-electron chi connectivity index (χ2n) is 5.73. The van der Waals surface area contributed by atoms with Gasteiger partial charge in [0.1, 0.15) is 0 Å². The van der Waals surface area contributed by atoms with E-state index in [0.29, 0.717) is 0 Å². The summed E-state index contributed by atoms with van der Waals surface area (Å²) < 4.78 is 39.0. The van der Waals surface area contributed by atoms with Gasteiger partial charge in [0.25, 0.3) is 5.91 Å². The smallest absolute Gasteiger partial charge is 0.388 e. The standard InChI is InChI=1S/C15H19F3N2O/c1-14(7-3-4-8-14)20-13(21)10-5-6-12(19-2)11(9-10)15(16,17)18/h5-6,9,19H,3-4,7-8H2,1-2H3,(H,20,21). The van der Waals surface area contributed by atoms with Gasteiger partial charge in [0, 0.05) is 23.8 Å². The number of carbonyl (C=O) groups excluding carboxylic acids is 1. The van der Waals surface area contributed by atoms with Gasteiger partial charge in [0.05, 0.1) is 5.56 Å². The summed E-state index contributed by atoms with van der Waals surface area (Å²) in [6.45, 7) is 1.94. The molecule has 2 N–H and O–H groups in total. The van der Waals surface area contributed by atoms with Crippen molar-refractivity contribution < 1.29 is 18.0 Å². The van der Waals surface area contributed by atoms with E-state index in [9.17, 15) is 18.0 Å². The summed E-state index contributed by atoms with van der Waals surface area (Å²) in [4.78, 5) is 12.2. The Bertz CT molecular complexity index is 534. The van der Waals surface area contributed by atoms with Gasteiger partial charge in [-0.1, -0.05) is 12.8 Å². The van der Waals surface area contributed by atoms with Crippen LogP contribution in [0.1, 0.15) is 48.5 Å². The van der Waals surface area contributed by atoms with Gasteiger partial charge in [-0.25, -0.2) is 0 Å². The quantitative estimate of drug-likeness (QED) is 0.891. The average molecular weight is 300 g/mol. The highest BCUT2D eigenvalue weighted by molar-refractivity contribution is 5.95. The molecule has 0 heterocycles. The van der Waals surface area contributed by atoms with Gasteiger partial charge in [0.2, 0.25) is 0 Å². The van der Waals surface area contributed by atoms with Crippen LogP contribution in [0.5, 0.6) is 0 Å². The van der Waals surface area contributed by atoms with Gasteiger partial charge < -0.3 is 10.6 Å². The van der Waals surface area contributed by atoms with Crippen LogP contribution in [-0.4, -0.2) is 18.5 Å². The topological polar surface area (TPSA) is 41.1 Å². The lowest BCUT2D eigenvalue weighted by Crippen LogP contribution is -2.43. The number of benzene rings is 1. The molecule has 1 aromatic carbocycles. The molecule has 0 spiro atoms. The molecule has 0 bridgehead atoms. The largest absolute Gasteiger partial charge is 0.418 e. The summed E-state index contributed by atoms with van der Waals surface area (Å²) in [6.07, 6.45) is -0.711. The Labute approximate surface area is 121 Å². The first-order valence-corrected chi connectivity index (χ1v) is 6.97. The SMILES string of the molecule is CNc1ccc(C(=O)NC2(C)CCCC2)cc1C(F)(F)F. The maximum absolute atomic E-state index is 13.0. The normalized spacial score (nSPS) is 17.6. The molecule has 0 radical (unpaired) electrons. The van der Waals surface area contributed by atoms with E-state index in [0.717, 1.165) is 31.7 Å². The molecule has 2 rings (SSSR count). The van der Waals surface area contributed by atoms with Gasteiger partial charge in [0.15, 0.2) is 0 Å². The fraction of sp³-hybridized carbons (Fsp3) is 0.533. The fourth-order valence-corrected chi connectivity index (χ4v) is 2.76. The van der Waals surface area contributed by atoms with Crippen molar-refractivity contribution in [1.82, 2.24) is 5.32 Å². The molecular weight excluding hydrogens is 281 g/mol. The summed E-state index contributed by atoms with van der Waals surface area (Å²) in [5, 5.41) is 5.36. The zero-order chi connectivity index (χ0) is 15.7. The molecule has 6 heteroatoms. The summed E-state index contributed by atoms with van der Waals surface area (Å²) in [5.41, 5.74) is -1.13. The number of amides is 1. The number of rotatable bonds is 3. The van der Waals surface area contributed by atoms with Gasteiger partial charge in [-0.15, -0.1) is 0 Å². The first-order chi connectivity index (χ1) is 9.75. The van der Waals surface area contributed by atoms with Gasteiger partial charge >= 0.3 is 6.18 Å². The Morgan fingerprint density at radius 2 is 1.86 bits per heavy atom. The summed E-state index contributed by atoms with van der Waals surface area (Å²) in [7, 11) is 1.42. The van der Waals surface area contributed by atoms with Crippen molar-refractivity contribution in [3.05, 3.63) is 29.3 Å². The molecule has 0 saturated heterocycles. The van der Waals surface area contributed by atoms with Crippen LogP contribution in [0.15, 0.2) is 18.2 Å². The molecule has 1 aromatic rings. The summed E-state index contributed by atoms with van der Waals surface area (Å²) in [5.74, 6) is -0.451. The van der Waals surface area contributed by atoms with Crippen molar-refractivity contribution in [3.63, 3.8) is 0 Å². The number of alkyl halides is 3. The van der Waals surface area contributed by atoms with Crippen molar-refractivity contribution >= 4 is 11.6 Å². The van der Waals surface area contributed by atoms with Crippen molar-refractivity contribution in [1.29, 1.82) is 0 Å². The lowest BCUT2D eigenvalue weighted by molar-refractivity contribution is -0.136. The minimum Gasteiger partial charge on any atom is -0.388 e. The van der Waals surface area contributed by atoms with Crippen LogP contribution in [0, 0.1) is 0 Å². The monoisotopic (exact) mass is 300 g/mol. The van der Waals surface area contributed by atoms with E-state index < -0.39 is 17.6 Å². The first kappa shape index (κ1) is 15.7. The highest BCUT2D eigenvalue weighted by Crippen LogP contribution is 2.35. The van der Waals surface area contributed by atoms with Crippen LogP contribution in [-0.2, 0) is 6.18 Å². The average Bonchev–Trinajstić information content (AvgIpc) is 2.83. The highest BCUT2D eigenvalue weighted by Gasteiger charge is 2.35. The maximum atomic E-state index is 13.0. The minimum atomic E-state index is -4.49. The predicted octanol–water partition coefficient (Wildman–Crippen LogP) is 3.81. The van der Waals surface area contributed by atoms with Crippen molar-refractivity contribution in [2.24, 2.45) is 0 Å². The first-order valence-electron chi connectivity index (χ1n) is 6.97. The molecule has 1 aliphatic rings. The predicted molar refractivity (Wildman–Crippen MR) is 75.3 cm³/mol.